The number of halogens is 1. The van der Waals surface area contributed by atoms with E-state index >= 15 is 0 Å². The molecular formula is C12H17FN2O3. The van der Waals surface area contributed by atoms with Gasteiger partial charge in [-0.2, -0.15) is 0 Å². The van der Waals surface area contributed by atoms with Gasteiger partial charge >= 0.3 is 0 Å². The van der Waals surface area contributed by atoms with Crippen molar-refractivity contribution in [2.45, 2.75) is 20.1 Å². The summed E-state index contributed by atoms with van der Waals surface area (Å²) in [4.78, 5) is 15.3. The Morgan fingerprint density at radius 1 is 1.39 bits per heavy atom. The van der Waals surface area contributed by atoms with Crippen LogP contribution in [0.4, 0.5) is 4.39 Å². The van der Waals surface area contributed by atoms with Gasteiger partial charge in [0, 0.05) is 19.4 Å². The van der Waals surface area contributed by atoms with Crippen LogP contribution in [0.15, 0.2) is 18.5 Å². The van der Waals surface area contributed by atoms with Crippen LogP contribution in [0.25, 0.3) is 0 Å². The zero-order valence-electron chi connectivity index (χ0n) is 10.5. The number of aromatic nitrogens is 1. The molecule has 0 bridgehead atoms. The monoisotopic (exact) mass is 256 g/mol. The van der Waals surface area contributed by atoms with Gasteiger partial charge in [-0.1, -0.05) is 0 Å². The summed E-state index contributed by atoms with van der Waals surface area (Å²) in [6, 6.07) is 1.12. The van der Waals surface area contributed by atoms with E-state index in [9.17, 15) is 9.18 Å². The molecule has 1 rings (SSSR count). The van der Waals surface area contributed by atoms with Gasteiger partial charge in [0.25, 0.3) is 5.91 Å². The first-order valence-electron chi connectivity index (χ1n) is 5.79. The standard InChI is InChI=1S/C12H17FN2O3/c1-3-17-11(18-4-2)8-15-12(16)9-5-10(13)7-14-6-9/h5-7,11H,3-4,8H2,1-2H3,(H,15,16). The Labute approximate surface area is 105 Å². The molecule has 0 aliphatic heterocycles. The van der Waals surface area contributed by atoms with Gasteiger partial charge < -0.3 is 14.8 Å². The minimum atomic E-state index is -0.547. The van der Waals surface area contributed by atoms with E-state index in [1.165, 1.54) is 6.20 Å². The molecule has 100 valence electrons. The molecule has 0 aliphatic carbocycles. The van der Waals surface area contributed by atoms with Crippen molar-refractivity contribution in [1.82, 2.24) is 10.3 Å². The lowest BCUT2D eigenvalue weighted by atomic mass is 10.2. The average Bonchev–Trinajstić information content (AvgIpc) is 2.36. The van der Waals surface area contributed by atoms with Crippen LogP contribution >= 0.6 is 0 Å². The van der Waals surface area contributed by atoms with Crippen molar-refractivity contribution >= 4 is 5.91 Å². The van der Waals surface area contributed by atoms with Crippen LogP contribution in [0.1, 0.15) is 24.2 Å². The molecule has 5 nitrogen and oxygen atoms in total. The second-order valence-corrected chi connectivity index (χ2v) is 3.44. The highest BCUT2D eigenvalue weighted by atomic mass is 19.1. The van der Waals surface area contributed by atoms with Crippen molar-refractivity contribution in [2.24, 2.45) is 0 Å². The van der Waals surface area contributed by atoms with Crippen molar-refractivity contribution in [1.29, 1.82) is 0 Å². The quantitative estimate of drug-likeness (QED) is 0.748. The molecule has 0 atom stereocenters. The molecule has 6 heteroatoms. The topological polar surface area (TPSA) is 60.5 Å². The van der Waals surface area contributed by atoms with E-state index in [4.69, 9.17) is 9.47 Å². The summed E-state index contributed by atoms with van der Waals surface area (Å²) in [6.45, 7) is 4.86. The van der Waals surface area contributed by atoms with E-state index < -0.39 is 18.0 Å². The van der Waals surface area contributed by atoms with Gasteiger partial charge in [-0.25, -0.2) is 4.39 Å². The molecular weight excluding hydrogens is 239 g/mol. The maximum absolute atomic E-state index is 12.9. The summed E-state index contributed by atoms with van der Waals surface area (Å²) in [6.07, 6.45) is 1.85. The van der Waals surface area contributed by atoms with Crippen molar-refractivity contribution in [2.75, 3.05) is 19.8 Å². The first kappa shape index (κ1) is 14.5. The number of nitrogens with one attached hydrogen (secondary N) is 1. The largest absolute Gasteiger partial charge is 0.351 e. The van der Waals surface area contributed by atoms with Gasteiger partial charge in [0.15, 0.2) is 6.29 Å². The molecule has 0 unspecified atom stereocenters. The van der Waals surface area contributed by atoms with Gasteiger partial charge in [0.2, 0.25) is 0 Å². The number of hydrogen-bond donors (Lipinski definition) is 1. The van der Waals surface area contributed by atoms with Crippen LogP contribution < -0.4 is 5.32 Å². The SMILES string of the molecule is CCOC(CNC(=O)c1cncc(F)c1)OCC. The van der Waals surface area contributed by atoms with E-state index in [0.29, 0.717) is 13.2 Å². The molecule has 1 aromatic heterocycles. The molecule has 1 N–H and O–H groups in total. The number of rotatable bonds is 7. The average molecular weight is 256 g/mol. The Bertz CT molecular complexity index is 381. The van der Waals surface area contributed by atoms with Crippen LogP contribution in [0.5, 0.6) is 0 Å². The van der Waals surface area contributed by atoms with Gasteiger partial charge in [0.05, 0.1) is 18.3 Å². The van der Waals surface area contributed by atoms with Crippen LogP contribution in [0.3, 0.4) is 0 Å². The fourth-order valence-corrected chi connectivity index (χ4v) is 1.35. The molecule has 18 heavy (non-hydrogen) atoms. The van der Waals surface area contributed by atoms with Gasteiger partial charge in [0.1, 0.15) is 5.82 Å². The minimum absolute atomic E-state index is 0.168. The summed E-state index contributed by atoms with van der Waals surface area (Å²) < 4.78 is 23.4. The molecule has 1 heterocycles. The summed E-state index contributed by atoms with van der Waals surface area (Å²) in [5.74, 6) is -0.958. The Kier molecular flexibility index (Phi) is 6.24. The lowest BCUT2D eigenvalue weighted by molar-refractivity contribution is -0.131. The number of carbonyl (C=O) groups is 1. The number of carbonyl (C=O) groups excluding carboxylic acids is 1. The highest BCUT2D eigenvalue weighted by Crippen LogP contribution is 2.01. The van der Waals surface area contributed by atoms with Crippen LogP contribution in [0, 0.1) is 5.82 Å². The second kappa shape index (κ2) is 7.73. The molecule has 0 aromatic carbocycles. The van der Waals surface area contributed by atoms with Crippen LogP contribution in [0.2, 0.25) is 0 Å². The van der Waals surface area contributed by atoms with Crippen LogP contribution in [-0.4, -0.2) is 36.9 Å². The summed E-state index contributed by atoms with van der Waals surface area (Å²) in [5, 5.41) is 2.60. The third-order valence-electron chi connectivity index (χ3n) is 2.10. The number of pyridine rings is 1. The van der Waals surface area contributed by atoms with Gasteiger partial charge in [-0.3, -0.25) is 9.78 Å². The molecule has 0 aliphatic rings. The summed E-state index contributed by atoms with van der Waals surface area (Å²) in [5.41, 5.74) is 0.168. The fourth-order valence-electron chi connectivity index (χ4n) is 1.35. The Morgan fingerprint density at radius 2 is 2.06 bits per heavy atom. The maximum Gasteiger partial charge on any atom is 0.253 e. The maximum atomic E-state index is 12.9. The lowest BCUT2D eigenvalue weighted by Crippen LogP contribution is -2.35. The van der Waals surface area contributed by atoms with E-state index in [2.05, 4.69) is 10.3 Å². The number of ether oxygens (including phenoxy) is 2. The second-order valence-electron chi connectivity index (χ2n) is 3.44. The zero-order valence-corrected chi connectivity index (χ0v) is 10.5. The normalized spacial score (nSPS) is 10.7. The third kappa shape index (κ3) is 4.77. The number of nitrogens with zero attached hydrogens (tertiary/aromatic N) is 1. The van der Waals surface area contributed by atoms with Gasteiger partial charge in [-0.05, 0) is 19.9 Å². The Balaban J connectivity index is 2.49. The Hall–Kier alpha value is -1.53. The van der Waals surface area contributed by atoms with Crippen molar-refractivity contribution < 1.29 is 18.7 Å². The minimum Gasteiger partial charge on any atom is -0.351 e. The first-order valence-corrected chi connectivity index (χ1v) is 5.79. The smallest absolute Gasteiger partial charge is 0.253 e. The van der Waals surface area contributed by atoms with E-state index in [1.807, 2.05) is 13.8 Å². The molecule has 0 radical (unpaired) electrons. The number of amides is 1. The van der Waals surface area contributed by atoms with E-state index in [0.717, 1.165) is 12.3 Å². The lowest BCUT2D eigenvalue weighted by Gasteiger charge is -2.17. The molecule has 0 saturated carbocycles. The van der Waals surface area contributed by atoms with Crippen molar-refractivity contribution in [3.05, 3.63) is 29.8 Å². The molecule has 1 amide bonds. The summed E-state index contributed by atoms with van der Waals surface area (Å²) in [7, 11) is 0. The molecule has 0 spiro atoms. The zero-order chi connectivity index (χ0) is 13.4. The van der Waals surface area contributed by atoms with E-state index in [-0.39, 0.29) is 12.1 Å². The van der Waals surface area contributed by atoms with Crippen molar-refractivity contribution in [3.63, 3.8) is 0 Å². The molecule has 1 aromatic rings. The predicted molar refractivity (Wildman–Crippen MR) is 63.6 cm³/mol. The van der Waals surface area contributed by atoms with Crippen molar-refractivity contribution in [3.8, 4) is 0 Å². The predicted octanol–water partition coefficient (Wildman–Crippen LogP) is 1.35. The highest BCUT2D eigenvalue weighted by molar-refractivity contribution is 5.93. The Morgan fingerprint density at radius 3 is 2.61 bits per heavy atom. The number of hydrogen-bond acceptors (Lipinski definition) is 4. The molecule has 0 saturated heterocycles. The van der Waals surface area contributed by atoms with Crippen LogP contribution in [-0.2, 0) is 9.47 Å². The highest BCUT2D eigenvalue weighted by Gasteiger charge is 2.12. The first-order chi connectivity index (χ1) is 8.67. The summed E-state index contributed by atoms with van der Waals surface area (Å²) >= 11 is 0. The van der Waals surface area contributed by atoms with E-state index in [1.54, 1.807) is 0 Å². The fraction of sp³-hybridized carbons (Fsp3) is 0.500. The molecule has 0 fully saturated rings. The third-order valence-corrected chi connectivity index (χ3v) is 2.10. The van der Waals surface area contributed by atoms with Gasteiger partial charge in [-0.15, -0.1) is 0 Å².